The average molecular weight is 623 g/mol. The molecule has 10 N–H and O–H groups in total. The number of ether oxygens (including phenoxy) is 3. The predicted molar refractivity (Wildman–Crippen MR) is 151 cm³/mol. The summed E-state index contributed by atoms with van der Waals surface area (Å²) in [6, 6.07) is 8.21. The smallest absolute Gasteiger partial charge is 0.186 e. The Hall–Kier alpha value is -3.31. The monoisotopic (exact) mass is 622 g/mol. The number of phenols is 3. The largest absolute Gasteiger partial charge is 0.504 e. The number of methoxy groups -OCH3 is 1. The summed E-state index contributed by atoms with van der Waals surface area (Å²) in [7, 11) is 1.34. The highest BCUT2D eigenvalue weighted by Crippen LogP contribution is 2.41. The number of aromatic hydroxyl groups is 3. The number of aryl methyl sites for hydroxylation is 1. The number of carbonyl (C=O) groups is 1. The van der Waals surface area contributed by atoms with Gasteiger partial charge in [0, 0.05) is 0 Å². The Labute approximate surface area is 252 Å². The molecule has 2 saturated heterocycles. The summed E-state index contributed by atoms with van der Waals surface area (Å²) in [5, 5.41) is 106. The average Bonchev–Trinajstić information content (AvgIpc) is 3.01. The zero-order valence-corrected chi connectivity index (χ0v) is 23.9. The van der Waals surface area contributed by atoms with Crippen LogP contribution in [0.5, 0.6) is 23.0 Å². The summed E-state index contributed by atoms with van der Waals surface area (Å²) in [4.78, 5) is 13.1. The molecule has 2 aromatic carbocycles. The van der Waals surface area contributed by atoms with Crippen LogP contribution in [0.4, 0.5) is 0 Å². The van der Waals surface area contributed by atoms with Crippen LogP contribution >= 0.6 is 0 Å². The van der Waals surface area contributed by atoms with Gasteiger partial charge in [-0.15, -0.1) is 0 Å². The lowest BCUT2D eigenvalue weighted by Crippen LogP contribution is -2.77. The molecule has 2 aromatic rings. The molecular formula is C30H38O14. The van der Waals surface area contributed by atoms with Crippen molar-refractivity contribution >= 4 is 11.9 Å². The number of aliphatic hydroxyl groups is 7. The Morgan fingerprint density at radius 3 is 2.27 bits per heavy atom. The standard InChI is InChI=1S/C30H38O14/c1-13-22(35)24(37)25(38)29(43-13)30(41)27(39)20(10-6-14-3-7-16(31)19(34)11-14)44-26(28(30)40)23(36)18(33)9-5-15-4-8-17(32)21(12-15)42-2/h3-5,7-9,11-13,20,22-29,31-32,34-41H,6,10H2,1-2H3/t13-,20?,22-,23?,24+,25+,26-,27+,28-,29?,30-/m1/s1. The molecule has 11 atom stereocenters. The minimum absolute atomic E-state index is 0.0763. The third kappa shape index (κ3) is 6.40. The molecule has 0 aliphatic carbocycles. The van der Waals surface area contributed by atoms with E-state index >= 15 is 0 Å². The fourth-order valence-electron chi connectivity index (χ4n) is 5.60. The quantitative estimate of drug-likeness (QED) is 0.113. The van der Waals surface area contributed by atoms with Gasteiger partial charge in [0.05, 0.1) is 19.3 Å². The summed E-state index contributed by atoms with van der Waals surface area (Å²) < 4.78 is 16.4. The number of rotatable bonds is 9. The van der Waals surface area contributed by atoms with Crippen LogP contribution in [-0.2, 0) is 20.7 Å². The number of benzene rings is 2. The number of ketones is 1. The highest BCUT2D eigenvalue weighted by Gasteiger charge is 2.64. The normalized spacial score (nSPS) is 35.0. The minimum atomic E-state index is -2.84. The summed E-state index contributed by atoms with van der Waals surface area (Å²) in [6.07, 6.45) is -16.0. The van der Waals surface area contributed by atoms with E-state index in [0.717, 1.165) is 6.08 Å². The van der Waals surface area contributed by atoms with E-state index in [1.165, 1.54) is 56.5 Å². The summed E-state index contributed by atoms with van der Waals surface area (Å²) >= 11 is 0. The van der Waals surface area contributed by atoms with Crippen molar-refractivity contribution in [3.05, 3.63) is 53.6 Å². The zero-order chi connectivity index (χ0) is 32.5. The first-order valence-corrected chi connectivity index (χ1v) is 13.9. The van der Waals surface area contributed by atoms with Crippen LogP contribution in [-0.4, -0.2) is 131 Å². The number of aliphatic hydroxyl groups excluding tert-OH is 6. The molecule has 0 amide bonds. The van der Waals surface area contributed by atoms with Crippen LogP contribution in [0.1, 0.15) is 24.5 Å². The lowest BCUT2D eigenvalue weighted by Gasteiger charge is -2.55. The van der Waals surface area contributed by atoms with Crippen molar-refractivity contribution in [1.82, 2.24) is 0 Å². The van der Waals surface area contributed by atoms with Crippen LogP contribution in [0.2, 0.25) is 0 Å². The van der Waals surface area contributed by atoms with Crippen LogP contribution in [0.25, 0.3) is 6.08 Å². The first-order chi connectivity index (χ1) is 20.7. The van der Waals surface area contributed by atoms with Gasteiger partial charge < -0.3 is 65.3 Å². The molecule has 0 bridgehead atoms. The Morgan fingerprint density at radius 2 is 1.61 bits per heavy atom. The maximum Gasteiger partial charge on any atom is 0.186 e. The van der Waals surface area contributed by atoms with Gasteiger partial charge in [-0.25, -0.2) is 0 Å². The van der Waals surface area contributed by atoms with E-state index in [0.29, 0.717) is 11.1 Å². The van der Waals surface area contributed by atoms with E-state index < -0.39 is 78.2 Å². The van der Waals surface area contributed by atoms with E-state index in [1.54, 1.807) is 0 Å². The molecule has 2 aliphatic rings. The fraction of sp³-hybridized carbons (Fsp3) is 0.500. The zero-order valence-electron chi connectivity index (χ0n) is 23.9. The second-order valence-corrected chi connectivity index (χ2v) is 11.1. The highest BCUT2D eigenvalue weighted by molar-refractivity contribution is 5.97. The van der Waals surface area contributed by atoms with Gasteiger partial charge in [0.25, 0.3) is 0 Å². The van der Waals surface area contributed by atoms with Gasteiger partial charge >= 0.3 is 0 Å². The van der Waals surface area contributed by atoms with Gasteiger partial charge in [0.1, 0.15) is 54.4 Å². The van der Waals surface area contributed by atoms with Crippen LogP contribution in [0.3, 0.4) is 0 Å². The number of carbonyl (C=O) groups excluding carboxylic acids is 1. The summed E-state index contributed by atoms with van der Waals surface area (Å²) in [5.74, 6) is -1.76. The SMILES string of the molecule is COc1cc(C=CC(=O)C(O)[C@H]2OC(CCc3ccc(O)c(O)c3)[C@H](O)[C@](O)(C3O[C@H](C)[C@@H](O)[C@H](O)[C@@H]3O)[C@@H]2O)ccc1O. The minimum Gasteiger partial charge on any atom is -0.504 e. The third-order valence-electron chi connectivity index (χ3n) is 8.25. The number of hydrogen-bond acceptors (Lipinski definition) is 14. The molecule has 2 heterocycles. The Morgan fingerprint density at radius 1 is 0.932 bits per heavy atom. The Bertz CT molecular complexity index is 1350. The molecule has 4 rings (SSSR count). The van der Waals surface area contributed by atoms with Crippen LogP contribution < -0.4 is 4.74 Å². The molecule has 0 saturated carbocycles. The first-order valence-electron chi connectivity index (χ1n) is 13.9. The van der Waals surface area contributed by atoms with Crippen molar-refractivity contribution in [3.63, 3.8) is 0 Å². The van der Waals surface area contributed by atoms with Gasteiger partial charge in [-0.2, -0.15) is 0 Å². The van der Waals surface area contributed by atoms with Gasteiger partial charge in [0.15, 0.2) is 28.8 Å². The lowest BCUT2D eigenvalue weighted by molar-refractivity contribution is -0.344. The molecule has 2 fully saturated rings. The topological polar surface area (TPSA) is 247 Å². The molecule has 3 unspecified atom stereocenters. The molecule has 44 heavy (non-hydrogen) atoms. The van der Waals surface area contributed by atoms with Crippen molar-refractivity contribution < 1.29 is 70.1 Å². The van der Waals surface area contributed by atoms with E-state index in [4.69, 9.17) is 14.2 Å². The maximum atomic E-state index is 13.1. The number of phenolic OH excluding ortho intramolecular Hbond substituents is 3. The molecule has 14 nitrogen and oxygen atoms in total. The van der Waals surface area contributed by atoms with Crippen molar-refractivity contribution in [2.24, 2.45) is 0 Å². The summed E-state index contributed by atoms with van der Waals surface area (Å²) in [6.45, 7) is 1.34. The van der Waals surface area contributed by atoms with E-state index in [-0.39, 0.29) is 30.1 Å². The molecule has 2 aliphatic heterocycles. The van der Waals surface area contributed by atoms with Gasteiger partial charge in [-0.1, -0.05) is 18.2 Å². The molecule has 0 spiro atoms. The van der Waals surface area contributed by atoms with Crippen LogP contribution in [0, 0.1) is 0 Å². The first kappa shape index (κ1) is 33.6. The van der Waals surface area contributed by atoms with Crippen molar-refractivity contribution in [3.8, 4) is 23.0 Å². The molecule has 242 valence electrons. The van der Waals surface area contributed by atoms with Crippen LogP contribution in [0.15, 0.2) is 42.5 Å². The molecule has 0 radical (unpaired) electrons. The molecule has 14 heteroatoms. The summed E-state index contributed by atoms with van der Waals surface area (Å²) in [5.41, 5.74) is -1.95. The second-order valence-electron chi connectivity index (χ2n) is 11.1. The van der Waals surface area contributed by atoms with Crippen molar-refractivity contribution in [2.75, 3.05) is 7.11 Å². The highest BCUT2D eigenvalue weighted by atomic mass is 16.6. The molecular weight excluding hydrogens is 584 g/mol. The number of hydrogen-bond donors (Lipinski definition) is 10. The maximum absolute atomic E-state index is 13.1. The van der Waals surface area contributed by atoms with Gasteiger partial charge in [-0.3, -0.25) is 4.79 Å². The van der Waals surface area contributed by atoms with Crippen molar-refractivity contribution in [1.29, 1.82) is 0 Å². The molecule has 0 aromatic heterocycles. The second kappa shape index (κ2) is 13.4. The van der Waals surface area contributed by atoms with E-state index in [2.05, 4.69) is 0 Å². The van der Waals surface area contributed by atoms with Gasteiger partial charge in [-0.05, 0) is 61.2 Å². The Kier molecular flexibility index (Phi) is 10.2. The van der Waals surface area contributed by atoms with Gasteiger partial charge in [0.2, 0.25) is 0 Å². The fourth-order valence-corrected chi connectivity index (χ4v) is 5.60. The third-order valence-corrected chi connectivity index (χ3v) is 8.25. The predicted octanol–water partition coefficient (Wildman–Crippen LogP) is -1.52. The van der Waals surface area contributed by atoms with E-state index in [9.17, 15) is 55.9 Å². The lowest BCUT2D eigenvalue weighted by atomic mass is 9.71. The van der Waals surface area contributed by atoms with Crippen molar-refractivity contribution in [2.45, 2.75) is 86.4 Å². The Balaban J connectivity index is 1.64. The van der Waals surface area contributed by atoms with E-state index in [1.807, 2.05) is 0 Å².